The second-order valence-electron chi connectivity index (χ2n) is 9.51. The van der Waals surface area contributed by atoms with Crippen molar-refractivity contribution >= 4 is 49.6 Å². The lowest BCUT2D eigenvalue weighted by Gasteiger charge is -2.14. The molecule has 0 spiro atoms. The van der Waals surface area contributed by atoms with Crippen LogP contribution in [0.3, 0.4) is 0 Å². The van der Waals surface area contributed by atoms with Gasteiger partial charge >= 0.3 is 34.1 Å². The van der Waals surface area contributed by atoms with Gasteiger partial charge < -0.3 is 0 Å². The SMILES string of the molecule is CCCCn1c(=O)n(CCCS)c(=O)n(CCCSCCCn2c(=O)n(CCCS)c(=O)n(CCCS)c2=O)c1=O. The van der Waals surface area contributed by atoms with Crippen LogP contribution < -0.4 is 34.1 Å². The molecule has 0 aromatic carbocycles. The molecule has 2 rings (SSSR count). The summed E-state index contributed by atoms with van der Waals surface area (Å²) in [6, 6.07) is 0. The lowest BCUT2D eigenvalue weighted by molar-refractivity contribution is 0.434. The van der Waals surface area contributed by atoms with Gasteiger partial charge in [0.2, 0.25) is 0 Å². The van der Waals surface area contributed by atoms with Crippen LogP contribution in [0.2, 0.25) is 0 Å². The Bertz CT molecular complexity index is 1270. The maximum atomic E-state index is 12.9. The molecule has 12 nitrogen and oxygen atoms in total. The van der Waals surface area contributed by atoms with Gasteiger partial charge in [-0.3, -0.25) is 0 Å². The molecule has 0 bridgehead atoms. The number of aromatic nitrogens is 6. The number of thioether (sulfide) groups is 1. The number of rotatable bonds is 20. The van der Waals surface area contributed by atoms with Crippen molar-refractivity contribution in [3.8, 4) is 0 Å². The van der Waals surface area contributed by atoms with Crippen LogP contribution in [0.1, 0.15) is 51.9 Å². The van der Waals surface area contributed by atoms with Crippen LogP contribution in [-0.2, 0) is 39.3 Å². The normalized spacial score (nSPS) is 11.4. The minimum atomic E-state index is -0.610. The first-order valence-corrected chi connectivity index (χ1v) is 17.1. The van der Waals surface area contributed by atoms with Crippen molar-refractivity contribution in [1.29, 1.82) is 0 Å². The molecule has 0 aliphatic heterocycles. The van der Waals surface area contributed by atoms with E-state index in [1.54, 1.807) is 11.8 Å². The van der Waals surface area contributed by atoms with Crippen LogP contribution in [0.4, 0.5) is 0 Å². The highest BCUT2D eigenvalue weighted by molar-refractivity contribution is 7.99. The Balaban J connectivity index is 2.06. The number of hydrogen-bond acceptors (Lipinski definition) is 10. The number of unbranched alkanes of at least 4 members (excludes halogenated alkanes) is 1. The summed E-state index contributed by atoms with van der Waals surface area (Å²) in [6.45, 7) is 3.18. The molecule has 0 amide bonds. The fraction of sp³-hybridized carbons (Fsp3) is 0.760. The highest BCUT2D eigenvalue weighted by atomic mass is 32.2. The third kappa shape index (κ3) is 9.61. The Kier molecular flexibility index (Phi) is 16.1. The standard InChI is InChI=1S/C25H42N6O6S4/c1-2-3-9-26-20(32)27(10-4-15-38)23(35)30(21(26)33)13-7-18-41-19-8-14-31-24(36)28(11-5-16-39)22(34)29(25(31)37)12-6-17-40/h38-40H,2-19H2,1H3. The Morgan fingerprint density at radius 3 is 0.927 bits per heavy atom. The number of nitrogens with zero attached hydrogens (tertiary/aromatic N) is 6. The van der Waals surface area contributed by atoms with Crippen LogP contribution in [0.5, 0.6) is 0 Å². The lowest BCUT2D eigenvalue weighted by Crippen LogP contribution is -2.54. The molecule has 0 aliphatic rings. The first kappa shape index (κ1) is 35.4. The van der Waals surface area contributed by atoms with Crippen LogP contribution in [0.15, 0.2) is 28.8 Å². The van der Waals surface area contributed by atoms with Crippen molar-refractivity contribution in [3.05, 3.63) is 62.9 Å². The maximum absolute atomic E-state index is 12.9. The third-order valence-electron chi connectivity index (χ3n) is 6.47. The van der Waals surface area contributed by atoms with E-state index in [0.717, 1.165) is 33.8 Å². The minimum absolute atomic E-state index is 0.171. The summed E-state index contributed by atoms with van der Waals surface area (Å²) in [7, 11) is 0. The molecule has 2 aromatic rings. The molecular formula is C25H42N6O6S4. The first-order chi connectivity index (χ1) is 19.7. The first-order valence-electron chi connectivity index (χ1n) is 14.0. The largest absolute Gasteiger partial charge is 0.336 e. The molecule has 0 aliphatic carbocycles. The second kappa shape index (κ2) is 18.7. The average molecular weight is 651 g/mol. The van der Waals surface area contributed by atoms with E-state index in [1.807, 2.05) is 6.92 Å². The van der Waals surface area contributed by atoms with Gasteiger partial charge in [-0.15, -0.1) is 0 Å². The summed E-state index contributed by atoms with van der Waals surface area (Å²) in [5, 5.41) is 0. The van der Waals surface area contributed by atoms with E-state index in [2.05, 4.69) is 37.9 Å². The molecule has 232 valence electrons. The van der Waals surface area contributed by atoms with Crippen LogP contribution in [-0.4, -0.2) is 56.2 Å². The zero-order chi connectivity index (χ0) is 30.4. The van der Waals surface area contributed by atoms with Gasteiger partial charge in [-0.05, 0) is 67.3 Å². The minimum Gasteiger partial charge on any atom is -0.247 e. The van der Waals surface area contributed by atoms with Crippen LogP contribution >= 0.6 is 49.6 Å². The van der Waals surface area contributed by atoms with Gasteiger partial charge in [-0.25, -0.2) is 56.2 Å². The molecule has 0 saturated heterocycles. The van der Waals surface area contributed by atoms with Crippen molar-refractivity contribution in [2.75, 3.05) is 28.8 Å². The van der Waals surface area contributed by atoms with E-state index in [-0.39, 0.29) is 39.3 Å². The third-order valence-corrected chi connectivity index (χ3v) is 8.57. The van der Waals surface area contributed by atoms with E-state index >= 15 is 0 Å². The van der Waals surface area contributed by atoms with E-state index < -0.39 is 34.1 Å². The summed E-state index contributed by atoms with van der Waals surface area (Å²) in [6.07, 6.45) is 4.11. The van der Waals surface area contributed by atoms with Gasteiger partial charge in [-0.2, -0.15) is 49.6 Å². The van der Waals surface area contributed by atoms with Gasteiger partial charge in [-0.1, -0.05) is 13.3 Å². The molecule has 0 N–H and O–H groups in total. The summed E-state index contributed by atoms with van der Waals surface area (Å²) >= 11 is 14.1. The number of hydrogen-bond donors (Lipinski definition) is 3. The summed E-state index contributed by atoms with van der Waals surface area (Å²) in [5.41, 5.74) is -3.57. The van der Waals surface area contributed by atoms with E-state index in [9.17, 15) is 28.8 Å². The monoisotopic (exact) mass is 650 g/mol. The number of thiol groups is 3. The van der Waals surface area contributed by atoms with Crippen LogP contribution in [0.25, 0.3) is 0 Å². The smallest absolute Gasteiger partial charge is 0.247 e. The van der Waals surface area contributed by atoms with E-state index in [4.69, 9.17) is 0 Å². The highest BCUT2D eigenvalue weighted by Crippen LogP contribution is 2.05. The van der Waals surface area contributed by atoms with Gasteiger partial charge in [0.1, 0.15) is 0 Å². The molecule has 0 atom stereocenters. The predicted octanol–water partition coefficient (Wildman–Crippen LogP) is 0.630. The van der Waals surface area contributed by atoms with Gasteiger partial charge in [0.15, 0.2) is 0 Å². The second-order valence-corrected chi connectivity index (χ2v) is 12.1. The summed E-state index contributed by atoms with van der Waals surface area (Å²) < 4.78 is 6.72. The van der Waals surface area contributed by atoms with Crippen molar-refractivity contribution in [3.63, 3.8) is 0 Å². The molecule has 0 unspecified atom stereocenters. The van der Waals surface area contributed by atoms with E-state index in [0.29, 0.717) is 67.3 Å². The molecule has 0 fully saturated rings. The van der Waals surface area contributed by atoms with Gasteiger partial charge in [0.05, 0.1) is 0 Å². The summed E-state index contributed by atoms with van der Waals surface area (Å²) in [5.74, 6) is 2.80. The molecule has 2 heterocycles. The van der Waals surface area contributed by atoms with E-state index in [1.165, 1.54) is 0 Å². The van der Waals surface area contributed by atoms with Crippen molar-refractivity contribution in [2.45, 2.75) is 91.1 Å². The molecule has 16 heteroatoms. The fourth-order valence-corrected chi connectivity index (χ4v) is 5.56. The highest BCUT2D eigenvalue weighted by Gasteiger charge is 2.16. The zero-order valence-corrected chi connectivity index (χ0v) is 27.1. The van der Waals surface area contributed by atoms with Crippen molar-refractivity contribution < 1.29 is 0 Å². The predicted molar refractivity (Wildman–Crippen MR) is 175 cm³/mol. The Morgan fingerprint density at radius 2 is 0.683 bits per heavy atom. The van der Waals surface area contributed by atoms with Gasteiger partial charge in [0, 0.05) is 39.3 Å². The summed E-state index contributed by atoms with van der Waals surface area (Å²) in [4.78, 5) is 77.2. The topological polar surface area (TPSA) is 132 Å². The molecule has 41 heavy (non-hydrogen) atoms. The van der Waals surface area contributed by atoms with Gasteiger partial charge in [0.25, 0.3) is 0 Å². The Morgan fingerprint density at radius 1 is 0.439 bits per heavy atom. The Labute approximate surface area is 259 Å². The quantitative estimate of drug-likeness (QED) is 0.142. The average Bonchev–Trinajstić information content (AvgIpc) is 2.95. The van der Waals surface area contributed by atoms with Crippen LogP contribution in [0, 0.1) is 0 Å². The molecule has 0 saturated carbocycles. The lowest BCUT2D eigenvalue weighted by atomic mass is 10.3. The van der Waals surface area contributed by atoms with Crippen molar-refractivity contribution in [1.82, 2.24) is 27.4 Å². The Hall–Kier alpha value is -1.78. The molecule has 0 radical (unpaired) electrons. The molecular weight excluding hydrogens is 609 g/mol. The molecule has 2 aromatic heterocycles. The maximum Gasteiger partial charge on any atom is 0.336 e. The fourth-order valence-electron chi connectivity index (χ4n) is 4.27. The zero-order valence-electron chi connectivity index (χ0n) is 23.6. The van der Waals surface area contributed by atoms with Crippen molar-refractivity contribution in [2.24, 2.45) is 0 Å².